The van der Waals surface area contributed by atoms with Gasteiger partial charge in [-0.05, 0) is 0 Å². The van der Waals surface area contributed by atoms with Gasteiger partial charge >= 0.3 is 0 Å². The summed E-state index contributed by atoms with van der Waals surface area (Å²) in [5.74, 6) is -0.414. The summed E-state index contributed by atoms with van der Waals surface area (Å²) in [6.45, 7) is 0.147. The molecule has 19 heavy (non-hydrogen) atoms. The van der Waals surface area contributed by atoms with Crippen LogP contribution in [0.15, 0.2) is 0 Å². The van der Waals surface area contributed by atoms with Crippen LogP contribution in [-0.4, -0.2) is 58.1 Å². The lowest BCUT2D eigenvalue weighted by Crippen LogP contribution is -3.18. The first kappa shape index (κ1) is 13.8. The fraction of sp³-hybridized carbons (Fsp3) is 0.900. The average Bonchev–Trinajstić information content (AvgIpc) is 2.27. The van der Waals surface area contributed by atoms with E-state index in [1.807, 2.05) is 0 Å². The highest BCUT2D eigenvalue weighted by molar-refractivity contribution is 5.81. The second kappa shape index (κ2) is 4.49. The van der Waals surface area contributed by atoms with E-state index in [-0.39, 0.29) is 45.5 Å². The van der Waals surface area contributed by atoms with Crippen LogP contribution in [-0.2, 0) is 4.79 Å². The van der Waals surface area contributed by atoms with Crippen molar-refractivity contribution < 1.29 is 24.6 Å². The molecule has 1 heterocycles. The summed E-state index contributed by atoms with van der Waals surface area (Å²) in [4.78, 5) is 33.8. The van der Waals surface area contributed by atoms with Gasteiger partial charge in [0.1, 0.15) is 31.8 Å². The van der Waals surface area contributed by atoms with Gasteiger partial charge < -0.3 is 10.0 Å². The van der Waals surface area contributed by atoms with E-state index in [1.165, 1.54) is 0 Å². The fourth-order valence-electron chi connectivity index (χ4n) is 3.50. The molecule has 2 atom stereocenters. The van der Waals surface area contributed by atoms with Crippen LogP contribution in [0.3, 0.4) is 0 Å². The Kier molecular flexibility index (Phi) is 3.27. The van der Waals surface area contributed by atoms with Crippen LogP contribution in [0.5, 0.6) is 0 Å². The molecule has 2 N–H and O–H groups in total. The minimum atomic E-state index is -1.55. The van der Waals surface area contributed by atoms with E-state index < -0.39 is 26.7 Å². The summed E-state index contributed by atoms with van der Waals surface area (Å²) in [6, 6.07) is 0. The average molecular weight is 274 g/mol. The van der Waals surface area contributed by atoms with Crippen molar-refractivity contribution in [1.82, 2.24) is 0 Å². The van der Waals surface area contributed by atoms with Crippen LogP contribution in [0, 0.1) is 20.2 Å². The highest BCUT2D eigenvalue weighted by Gasteiger charge is 2.69. The zero-order valence-electron chi connectivity index (χ0n) is 10.3. The number of likely N-dealkylation sites (tertiary alicyclic amines) is 1. The lowest BCUT2D eigenvalue weighted by Gasteiger charge is -2.43. The van der Waals surface area contributed by atoms with Gasteiger partial charge in [0.05, 0.1) is 19.4 Å². The number of fused-ring (bicyclic) bond motifs is 2. The summed E-state index contributed by atoms with van der Waals surface area (Å²) >= 11 is 0. The van der Waals surface area contributed by atoms with Crippen LogP contribution in [0.4, 0.5) is 0 Å². The number of hydrogen-bond acceptors (Lipinski definition) is 6. The SMILES string of the molecule is O=C1CC2([N+](=O)[O-])C[NH+](CCO)CC([N+](=O)[O-])(C1)C2. The van der Waals surface area contributed by atoms with Crippen LogP contribution < -0.4 is 4.90 Å². The second-order valence-electron chi connectivity index (χ2n) is 5.61. The molecule has 0 aromatic heterocycles. The summed E-state index contributed by atoms with van der Waals surface area (Å²) in [7, 11) is 0. The molecule has 2 aliphatic rings. The molecule has 2 fully saturated rings. The summed E-state index contributed by atoms with van der Waals surface area (Å²) in [5, 5.41) is 31.6. The summed E-state index contributed by atoms with van der Waals surface area (Å²) in [6.07, 6.45) is -0.685. The maximum Gasteiger partial charge on any atom is 0.283 e. The van der Waals surface area contributed by atoms with E-state index >= 15 is 0 Å². The fourth-order valence-corrected chi connectivity index (χ4v) is 3.50. The molecule has 0 spiro atoms. The van der Waals surface area contributed by atoms with Crippen LogP contribution >= 0.6 is 0 Å². The molecule has 2 bridgehead atoms. The highest BCUT2D eigenvalue weighted by Crippen LogP contribution is 2.38. The van der Waals surface area contributed by atoms with E-state index in [0.717, 1.165) is 0 Å². The van der Waals surface area contributed by atoms with E-state index in [9.17, 15) is 25.0 Å². The molecule has 2 unspecified atom stereocenters. The molecule has 9 heteroatoms. The van der Waals surface area contributed by atoms with Crippen LogP contribution in [0.25, 0.3) is 0 Å². The highest BCUT2D eigenvalue weighted by atomic mass is 16.6. The number of aliphatic hydroxyl groups excluding tert-OH is 1. The van der Waals surface area contributed by atoms with Gasteiger partial charge in [-0.15, -0.1) is 0 Å². The molecule has 1 saturated heterocycles. The molecule has 2 rings (SSSR count). The second-order valence-corrected chi connectivity index (χ2v) is 5.61. The predicted molar refractivity (Wildman–Crippen MR) is 61.0 cm³/mol. The number of hydrogen-bond donors (Lipinski definition) is 2. The minimum Gasteiger partial charge on any atom is -0.391 e. The molecule has 106 valence electrons. The maximum absolute atomic E-state index is 11.7. The molecular weight excluding hydrogens is 258 g/mol. The number of carbonyl (C=O) groups is 1. The van der Waals surface area contributed by atoms with Gasteiger partial charge in [0.25, 0.3) is 11.1 Å². The van der Waals surface area contributed by atoms with Gasteiger partial charge in [-0.25, -0.2) is 0 Å². The maximum atomic E-state index is 11.7. The van der Waals surface area contributed by atoms with Crippen molar-refractivity contribution >= 4 is 5.78 Å². The third-order valence-corrected chi connectivity index (χ3v) is 4.11. The van der Waals surface area contributed by atoms with Gasteiger partial charge in [-0.3, -0.25) is 25.0 Å². The normalized spacial score (nSPS) is 37.9. The Bertz CT molecular complexity index is 407. The quantitative estimate of drug-likeness (QED) is 0.437. The number of nitrogens with zero attached hydrogens (tertiary/aromatic N) is 2. The van der Waals surface area contributed by atoms with Crippen molar-refractivity contribution in [2.45, 2.75) is 30.3 Å². The van der Waals surface area contributed by atoms with Gasteiger partial charge in [0, 0.05) is 9.85 Å². The van der Waals surface area contributed by atoms with Crippen molar-refractivity contribution in [3.63, 3.8) is 0 Å². The number of Topliss-reactive ketones (excluding diaryl/α,β-unsaturated/α-hetero) is 1. The summed E-state index contributed by atoms with van der Waals surface area (Å²) in [5.41, 5.74) is -3.10. The number of ketones is 1. The monoisotopic (exact) mass is 274 g/mol. The van der Waals surface area contributed by atoms with E-state index in [2.05, 4.69) is 0 Å². The first-order chi connectivity index (χ1) is 8.83. The molecule has 1 aliphatic heterocycles. The number of aliphatic hydroxyl groups is 1. The smallest absolute Gasteiger partial charge is 0.283 e. The zero-order chi connectivity index (χ0) is 14.3. The Morgan fingerprint density at radius 1 is 1.16 bits per heavy atom. The molecule has 1 saturated carbocycles. The molecule has 9 nitrogen and oxygen atoms in total. The van der Waals surface area contributed by atoms with E-state index in [0.29, 0.717) is 4.90 Å². The molecule has 1 aliphatic carbocycles. The molecule has 0 radical (unpaired) electrons. The first-order valence-electron chi connectivity index (χ1n) is 6.09. The lowest BCUT2D eigenvalue weighted by molar-refractivity contribution is -0.945. The van der Waals surface area contributed by atoms with Gasteiger partial charge in [0.15, 0.2) is 0 Å². The third-order valence-electron chi connectivity index (χ3n) is 4.11. The minimum absolute atomic E-state index is 0.0574. The Morgan fingerprint density at radius 3 is 2.00 bits per heavy atom. The number of piperidine rings is 1. The Labute approximate surface area is 108 Å². The van der Waals surface area contributed by atoms with Gasteiger partial charge in [-0.2, -0.15) is 0 Å². The molecule has 0 aromatic rings. The zero-order valence-corrected chi connectivity index (χ0v) is 10.3. The number of carbonyl (C=O) groups excluding carboxylic acids is 1. The van der Waals surface area contributed by atoms with Crippen molar-refractivity contribution in [1.29, 1.82) is 0 Å². The lowest BCUT2D eigenvalue weighted by atomic mass is 9.67. The Morgan fingerprint density at radius 2 is 1.63 bits per heavy atom. The van der Waals surface area contributed by atoms with E-state index in [1.54, 1.807) is 0 Å². The van der Waals surface area contributed by atoms with Gasteiger partial charge in [0.2, 0.25) is 0 Å². The number of rotatable bonds is 4. The van der Waals surface area contributed by atoms with Crippen molar-refractivity contribution in [3.05, 3.63) is 20.2 Å². The van der Waals surface area contributed by atoms with Gasteiger partial charge in [-0.1, -0.05) is 0 Å². The Balaban J connectivity index is 2.41. The van der Waals surface area contributed by atoms with Crippen molar-refractivity contribution in [2.75, 3.05) is 26.2 Å². The van der Waals surface area contributed by atoms with Crippen molar-refractivity contribution in [2.24, 2.45) is 0 Å². The number of quaternary nitrogens is 1. The topological polar surface area (TPSA) is 128 Å². The molecule has 0 amide bonds. The standard InChI is InChI=1S/C10H15N3O6/c14-2-1-11-6-9(12(16)17)3-8(15)4-10(5-9,7-11)13(18)19/h14H,1-7H2/p+1. The number of nitrogens with one attached hydrogen (secondary N) is 1. The number of nitro groups is 2. The Hall–Kier alpha value is -1.61. The molecule has 0 aromatic carbocycles. The van der Waals surface area contributed by atoms with Crippen LogP contribution in [0.1, 0.15) is 19.3 Å². The van der Waals surface area contributed by atoms with E-state index in [4.69, 9.17) is 5.11 Å². The molecular formula is C10H16N3O6+. The third kappa shape index (κ3) is 2.19. The summed E-state index contributed by atoms with van der Waals surface area (Å²) < 4.78 is 0. The van der Waals surface area contributed by atoms with Crippen molar-refractivity contribution in [3.8, 4) is 0 Å². The first-order valence-corrected chi connectivity index (χ1v) is 6.09. The largest absolute Gasteiger partial charge is 0.391 e. The van der Waals surface area contributed by atoms with Crippen LogP contribution in [0.2, 0.25) is 0 Å². The predicted octanol–water partition coefficient (Wildman–Crippen LogP) is -2.34.